The topological polar surface area (TPSA) is 21.7 Å². The molecule has 16 rings (SSSR count). The molecule has 3 nitrogen and oxygen atoms in total. The van der Waals surface area contributed by atoms with E-state index in [-0.39, 0.29) is 0 Å². The van der Waals surface area contributed by atoms with Crippen LogP contribution in [0.5, 0.6) is 23.0 Å². The predicted octanol–water partition coefficient (Wildman–Crippen LogP) is 19.1. The maximum absolute atomic E-state index is 6.76. The molecule has 0 saturated carbocycles. The van der Waals surface area contributed by atoms with E-state index in [0.29, 0.717) is 0 Å². The van der Waals surface area contributed by atoms with E-state index in [4.69, 9.17) is 9.47 Å². The quantitative estimate of drug-likeness (QED) is 0.166. The lowest BCUT2D eigenvalue weighted by Gasteiger charge is -2.39. The van der Waals surface area contributed by atoms with Crippen molar-refractivity contribution < 1.29 is 9.47 Å². The van der Waals surface area contributed by atoms with Gasteiger partial charge in [0.1, 0.15) is 23.0 Å². The van der Waals surface area contributed by atoms with Crippen LogP contribution in [0.4, 0.5) is 17.1 Å². The van der Waals surface area contributed by atoms with E-state index in [1.165, 1.54) is 55.6 Å². The zero-order valence-electron chi connectivity index (χ0n) is 41.9. The Morgan fingerprint density at radius 3 is 1.27 bits per heavy atom. The zero-order chi connectivity index (χ0) is 50.7. The minimum Gasteiger partial charge on any atom is -0.457 e. The van der Waals surface area contributed by atoms with Crippen molar-refractivity contribution in [2.45, 2.75) is 10.8 Å². The van der Waals surface area contributed by atoms with Gasteiger partial charge in [0.25, 0.3) is 0 Å². The molecule has 0 unspecified atom stereocenters. The Balaban J connectivity index is 0.919. The Hall–Kier alpha value is -9.96. The number of anilines is 3. The molecular weight excluding hydrogens is 935 g/mol. The van der Waals surface area contributed by atoms with Crippen LogP contribution in [0.1, 0.15) is 44.5 Å². The van der Waals surface area contributed by atoms with Crippen LogP contribution in [-0.2, 0) is 10.8 Å². The van der Waals surface area contributed by atoms with Crippen molar-refractivity contribution in [2.24, 2.45) is 0 Å². The third kappa shape index (κ3) is 6.14. The standard InChI is InChI=1S/C74H47NO2/c1-2-20-48(21-3-1)49-40-42-50(43-41-49)54-24-6-13-34-66(54)75(67-35-19-33-65-72(67)56-26-5-8-28-59(56)74(65)63-31-11-16-38-70(63)77-71-39-17-12-32-64(71)74)53-23-18-22-51(46-53)52-44-45-60-57(47-52)55-25-4-7-27-58(55)73(60)61-29-9-14-36-68(61)76-69-37-15-10-30-62(69)73/h1-47H. The van der Waals surface area contributed by atoms with Crippen molar-refractivity contribution in [3.05, 3.63) is 330 Å². The summed E-state index contributed by atoms with van der Waals surface area (Å²) in [6, 6.07) is 104. The highest BCUT2D eigenvalue weighted by molar-refractivity contribution is 6.01. The van der Waals surface area contributed by atoms with Crippen molar-refractivity contribution in [3.63, 3.8) is 0 Å². The van der Waals surface area contributed by atoms with Gasteiger partial charge in [-0.05, 0) is 121 Å². The lowest BCUT2D eigenvalue weighted by molar-refractivity contribution is 0.436. The molecule has 0 radical (unpaired) electrons. The van der Waals surface area contributed by atoms with Crippen molar-refractivity contribution in [3.8, 4) is 78.6 Å². The first-order chi connectivity index (χ1) is 38.2. The first kappa shape index (κ1) is 43.4. The predicted molar refractivity (Wildman–Crippen MR) is 312 cm³/mol. The molecule has 0 N–H and O–H groups in total. The van der Waals surface area contributed by atoms with Gasteiger partial charge in [0.2, 0.25) is 0 Å². The van der Waals surface area contributed by atoms with Gasteiger partial charge in [-0.25, -0.2) is 0 Å². The maximum atomic E-state index is 6.76. The molecule has 0 bridgehead atoms. The Kier molecular flexibility index (Phi) is 9.47. The molecule has 12 aromatic rings. The van der Waals surface area contributed by atoms with Gasteiger partial charge < -0.3 is 14.4 Å². The summed E-state index contributed by atoms with van der Waals surface area (Å²) < 4.78 is 13.4. The molecule has 0 saturated heterocycles. The molecule has 2 spiro atoms. The van der Waals surface area contributed by atoms with Crippen LogP contribution in [0, 0.1) is 0 Å². The lowest BCUT2D eigenvalue weighted by Crippen LogP contribution is -2.32. The summed E-state index contributed by atoms with van der Waals surface area (Å²) in [5.41, 5.74) is 23.5. The lowest BCUT2D eigenvalue weighted by atomic mass is 9.66. The van der Waals surface area contributed by atoms with Gasteiger partial charge >= 0.3 is 0 Å². The molecule has 12 aromatic carbocycles. The molecule has 0 amide bonds. The first-order valence-corrected chi connectivity index (χ1v) is 26.6. The second-order valence-electron chi connectivity index (χ2n) is 20.6. The number of hydrogen-bond acceptors (Lipinski definition) is 3. The molecule has 0 aromatic heterocycles. The molecule has 2 aliphatic heterocycles. The highest BCUT2D eigenvalue weighted by Gasteiger charge is 2.53. The van der Waals surface area contributed by atoms with E-state index in [1.807, 2.05) is 0 Å². The second-order valence-corrected chi connectivity index (χ2v) is 20.6. The average Bonchev–Trinajstić information content (AvgIpc) is 4.01. The number of fused-ring (bicyclic) bond motifs is 18. The third-order valence-corrected chi connectivity index (χ3v) is 16.8. The molecule has 360 valence electrons. The fourth-order valence-electron chi connectivity index (χ4n) is 13.7. The first-order valence-electron chi connectivity index (χ1n) is 26.6. The average molecular weight is 982 g/mol. The van der Waals surface area contributed by atoms with Crippen LogP contribution in [0.3, 0.4) is 0 Å². The summed E-state index contributed by atoms with van der Waals surface area (Å²) in [6.45, 7) is 0. The summed E-state index contributed by atoms with van der Waals surface area (Å²) in [4.78, 5) is 2.52. The van der Waals surface area contributed by atoms with Crippen LogP contribution in [0.2, 0.25) is 0 Å². The van der Waals surface area contributed by atoms with E-state index in [9.17, 15) is 0 Å². The molecular formula is C74H47NO2. The Morgan fingerprint density at radius 1 is 0.234 bits per heavy atom. The fourth-order valence-corrected chi connectivity index (χ4v) is 13.7. The molecule has 2 heterocycles. The number of para-hydroxylation sites is 5. The Labute approximate surface area is 448 Å². The SMILES string of the molecule is c1ccc(-c2ccc(-c3ccccc3N(c3cccc(-c4ccc5c(c4)-c4ccccc4C54c5ccccc5Oc5ccccc54)c3)c3cccc4c3-c3ccccc3C43c4ccccc4Oc4ccccc43)cc2)cc1. The smallest absolute Gasteiger partial charge is 0.132 e. The number of benzene rings is 12. The van der Waals surface area contributed by atoms with Crippen LogP contribution in [0.25, 0.3) is 55.6 Å². The summed E-state index contributed by atoms with van der Waals surface area (Å²) in [7, 11) is 0. The highest BCUT2D eigenvalue weighted by Crippen LogP contribution is 2.65. The van der Waals surface area contributed by atoms with Gasteiger partial charge in [0.05, 0.1) is 22.2 Å². The highest BCUT2D eigenvalue weighted by atomic mass is 16.5. The van der Waals surface area contributed by atoms with E-state index < -0.39 is 10.8 Å². The normalized spacial score (nSPS) is 13.9. The largest absolute Gasteiger partial charge is 0.457 e. The number of nitrogens with zero attached hydrogens (tertiary/aromatic N) is 1. The van der Waals surface area contributed by atoms with Gasteiger partial charge in [-0.1, -0.05) is 231 Å². The Morgan fingerprint density at radius 2 is 0.636 bits per heavy atom. The fraction of sp³-hybridized carbons (Fsp3) is 0.0270. The summed E-state index contributed by atoms with van der Waals surface area (Å²) in [5, 5.41) is 0. The van der Waals surface area contributed by atoms with Crippen molar-refractivity contribution in [1.29, 1.82) is 0 Å². The van der Waals surface area contributed by atoms with Crippen molar-refractivity contribution in [1.82, 2.24) is 0 Å². The molecule has 0 atom stereocenters. The van der Waals surface area contributed by atoms with Crippen LogP contribution in [0.15, 0.2) is 285 Å². The van der Waals surface area contributed by atoms with Crippen molar-refractivity contribution in [2.75, 3.05) is 4.90 Å². The van der Waals surface area contributed by atoms with E-state index in [1.54, 1.807) is 0 Å². The van der Waals surface area contributed by atoms with Crippen molar-refractivity contribution >= 4 is 17.1 Å². The summed E-state index contributed by atoms with van der Waals surface area (Å²) in [6.07, 6.45) is 0. The minimum absolute atomic E-state index is 0.537. The maximum Gasteiger partial charge on any atom is 0.132 e. The summed E-state index contributed by atoms with van der Waals surface area (Å²) in [5.74, 6) is 3.54. The number of hydrogen-bond donors (Lipinski definition) is 0. The molecule has 4 aliphatic rings. The van der Waals surface area contributed by atoms with Crippen LogP contribution >= 0.6 is 0 Å². The number of rotatable bonds is 6. The van der Waals surface area contributed by atoms with Gasteiger partial charge in [-0.3, -0.25) is 0 Å². The van der Waals surface area contributed by atoms with Gasteiger partial charge in [-0.2, -0.15) is 0 Å². The van der Waals surface area contributed by atoms with Gasteiger partial charge in [0.15, 0.2) is 0 Å². The van der Waals surface area contributed by atoms with Gasteiger partial charge in [-0.15, -0.1) is 0 Å². The zero-order valence-corrected chi connectivity index (χ0v) is 41.9. The number of ether oxygens (including phenoxy) is 2. The molecule has 3 heteroatoms. The van der Waals surface area contributed by atoms with Crippen LogP contribution < -0.4 is 14.4 Å². The monoisotopic (exact) mass is 981 g/mol. The molecule has 0 fully saturated rings. The third-order valence-electron chi connectivity index (χ3n) is 16.8. The van der Waals surface area contributed by atoms with Gasteiger partial charge in [0, 0.05) is 39.1 Å². The van der Waals surface area contributed by atoms with Crippen LogP contribution in [-0.4, -0.2) is 0 Å². The second kappa shape index (κ2) is 16.8. The molecule has 77 heavy (non-hydrogen) atoms. The van der Waals surface area contributed by atoms with E-state index in [2.05, 4.69) is 290 Å². The summed E-state index contributed by atoms with van der Waals surface area (Å²) >= 11 is 0. The Bertz CT molecular complexity index is 4270. The van der Waals surface area contributed by atoms with E-state index >= 15 is 0 Å². The molecule has 2 aliphatic carbocycles. The minimum atomic E-state index is -0.628. The van der Waals surface area contributed by atoms with E-state index in [0.717, 1.165) is 84.6 Å².